The second-order valence-electron chi connectivity index (χ2n) is 7.85. The van der Waals surface area contributed by atoms with Crippen LogP contribution >= 0.6 is 11.3 Å². The number of carbonyl (C=O) groups is 1. The number of amides is 1. The maximum absolute atomic E-state index is 13.2. The third-order valence-corrected chi connectivity index (χ3v) is 6.69. The van der Waals surface area contributed by atoms with Gasteiger partial charge in [0.05, 0.1) is 5.56 Å². The van der Waals surface area contributed by atoms with Gasteiger partial charge in [-0.05, 0) is 31.7 Å². The van der Waals surface area contributed by atoms with E-state index in [2.05, 4.69) is 15.5 Å². The Morgan fingerprint density at radius 2 is 2.14 bits per heavy atom. The Balaban J connectivity index is 1.26. The van der Waals surface area contributed by atoms with Gasteiger partial charge < -0.3 is 20.9 Å². The zero-order valence-corrected chi connectivity index (χ0v) is 16.6. The van der Waals surface area contributed by atoms with Gasteiger partial charge in [0.1, 0.15) is 0 Å². The summed E-state index contributed by atoms with van der Waals surface area (Å²) in [5.41, 5.74) is 6.60. The van der Waals surface area contributed by atoms with Crippen LogP contribution in [0.15, 0.2) is 15.9 Å². The average Bonchev–Trinajstić information content (AvgIpc) is 3.12. The maximum atomic E-state index is 13.2. The van der Waals surface area contributed by atoms with E-state index in [0.717, 1.165) is 11.3 Å². The molecule has 0 saturated heterocycles. The predicted molar refractivity (Wildman–Crippen MR) is 105 cm³/mol. The summed E-state index contributed by atoms with van der Waals surface area (Å²) in [4.78, 5) is 13.5. The quantitative estimate of drug-likeness (QED) is 0.586. The van der Waals surface area contributed by atoms with Gasteiger partial charge >= 0.3 is 6.01 Å². The van der Waals surface area contributed by atoms with Gasteiger partial charge in [-0.1, -0.05) is 5.10 Å². The molecular formula is C19H23F2N5O2S. The number of alkyl halides is 2. The summed E-state index contributed by atoms with van der Waals surface area (Å²) in [5, 5.41) is 20.4. The highest BCUT2D eigenvalue weighted by Crippen LogP contribution is 2.50. The van der Waals surface area contributed by atoms with Crippen LogP contribution in [0.3, 0.4) is 0 Å². The monoisotopic (exact) mass is 423 g/mol. The van der Waals surface area contributed by atoms with Crippen molar-refractivity contribution in [3.05, 3.63) is 27.8 Å². The van der Waals surface area contributed by atoms with Crippen LogP contribution in [0, 0.1) is 11.3 Å². The van der Waals surface area contributed by atoms with Crippen molar-refractivity contribution in [2.24, 2.45) is 5.92 Å². The van der Waals surface area contributed by atoms with Crippen molar-refractivity contribution in [2.75, 3.05) is 5.73 Å². The van der Waals surface area contributed by atoms with Gasteiger partial charge in [-0.2, -0.15) is 0 Å². The highest BCUT2D eigenvalue weighted by atomic mass is 32.1. The van der Waals surface area contributed by atoms with Gasteiger partial charge in [0.2, 0.25) is 11.8 Å². The van der Waals surface area contributed by atoms with Gasteiger partial charge in [-0.3, -0.25) is 4.79 Å². The number of anilines is 1. The fourth-order valence-electron chi connectivity index (χ4n) is 3.81. The number of nitrogens with one attached hydrogen (secondary N) is 2. The number of hydrogen-bond acceptors (Lipinski definition) is 7. The Bertz CT molecular complexity index is 902. The van der Waals surface area contributed by atoms with Crippen molar-refractivity contribution in [3.8, 4) is 0 Å². The van der Waals surface area contributed by atoms with Gasteiger partial charge in [0, 0.05) is 53.1 Å². The molecule has 2 aromatic rings. The molecule has 0 radical (unpaired) electrons. The van der Waals surface area contributed by atoms with Gasteiger partial charge in [0.15, 0.2) is 0 Å². The average molecular weight is 423 g/mol. The fraction of sp³-hybridized carbons (Fsp3) is 0.579. The highest BCUT2D eigenvalue weighted by molar-refractivity contribution is 7.10. The smallest absolute Gasteiger partial charge is 0.312 e. The van der Waals surface area contributed by atoms with Crippen LogP contribution < -0.4 is 11.1 Å². The van der Waals surface area contributed by atoms with E-state index in [0.29, 0.717) is 42.8 Å². The zero-order chi connectivity index (χ0) is 20.6. The molecule has 7 nitrogen and oxygen atoms in total. The standard InChI is InChI=1S/C19H23F2N5O2S/c20-19(21)5-3-11(4-6-19)24-17(27)10-7-15(29-9-10)13-8-12(13)14(22)1-2-16-25-26-18(23)28-16/h7,9,11-13,22H,1-6,8H2,(H2,23,26)(H,24,27). The minimum Gasteiger partial charge on any atom is -0.408 e. The second kappa shape index (κ2) is 7.81. The first-order valence-electron chi connectivity index (χ1n) is 9.73. The van der Waals surface area contributed by atoms with Crippen LogP contribution in [0.2, 0.25) is 0 Å². The van der Waals surface area contributed by atoms with Gasteiger partial charge in [0.25, 0.3) is 5.91 Å². The number of aryl methyl sites for hydroxylation is 1. The summed E-state index contributed by atoms with van der Waals surface area (Å²) < 4.78 is 31.6. The van der Waals surface area contributed by atoms with Crippen LogP contribution in [-0.2, 0) is 6.42 Å². The lowest BCUT2D eigenvalue weighted by atomic mass is 9.92. The number of thiophene rings is 1. The molecule has 1 amide bonds. The molecule has 2 aromatic heterocycles. The summed E-state index contributed by atoms with van der Waals surface area (Å²) in [7, 11) is 0. The van der Waals surface area contributed by atoms with E-state index in [1.807, 2.05) is 11.4 Å². The van der Waals surface area contributed by atoms with E-state index in [1.165, 1.54) is 11.3 Å². The fourth-order valence-corrected chi connectivity index (χ4v) is 4.88. The van der Waals surface area contributed by atoms with Crippen LogP contribution in [0.25, 0.3) is 0 Å². The van der Waals surface area contributed by atoms with Crippen molar-refractivity contribution in [3.63, 3.8) is 0 Å². The molecule has 2 saturated carbocycles. The normalized spacial score (nSPS) is 23.7. The van der Waals surface area contributed by atoms with E-state index in [1.54, 1.807) is 0 Å². The molecule has 10 heteroatoms. The Morgan fingerprint density at radius 3 is 2.83 bits per heavy atom. The first kappa shape index (κ1) is 19.9. The molecule has 2 heterocycles. The summed E-state index contributed by atoms with van der Waals surface area (Å²) in [5.74, 6) is -1.94. The number of nitrogens with zero attached hydrogens (tertiary/aromatic N) is 2. The first-order valence-corrected chi connectivity index (χ1v) is 10.6. The SMILES string of the molecule is N=C(CCc1nnc(N)o1)C1CC1c1cc(C(=O)NC2CCC(F)(F)CC2)cs1. The number of carbonyl (C=O) groups excluding carboxylic acids is 1. The number of rotatable bonds is 7. The molecule has 0 bridgehead atoms. The minimum absolute atomic E-state index is 0.0298. The molecule has 2 aliphatic rings. The Kier molecular flexibility index (Phi) is 5.37. The van der Waals surface area contributed by atoms with E-state index >= 15 is 0 Å². The van der Waals surface area contributed by atoms with E-state index < -0.39 is 5.92 Å². The molecule has 0 aromatic carbocycles. The van der Waals surface area contributed by atoms with Crippen LogP contribution in [0.4, 0.5) is 14.8 Å². The third-order valence-electron chi connectivity index (χ3n) is 5.63. The Morgan fingerprint density at radius 1 is 1.38 bits per heavy atom. The van der Waals surface area contributed by atoms with E-state index in [-0.39, 0.29) is 42.6 Å². The topological polar surface area (TPSA) is 118 Å². The van der Waals surface area contributed by atoms with Crippen molar-refractivity contribution in [1.82, 2.24) is 15.5 Å². The number of nitrogen functional groups attached to an aromatic ring is 1. The van der Waals surface area contributed by atoms with Crippen LogP contribution in [0.5, 0.6) is 0 Å². The maximum Gasteiger partial charge on any atom is 0.312 e. The molecule has 0 spiro atoms. The molecule has 2 unspecified atom stereocenters. The lowest BCUT2D eigenvalue weighted by molar-refractivity contribution is -0.0399. The summed E-state index contributed by atoms with van der Waals surface area (Å²) >= 11 is 1.51. The summed E-state index contributed by atoms with van der Waals surface area (Å²) in [6, 6.07) is 1.71. The molecule has 29 heavy (non-hydrogen) atoms. The molecule has 2 atom stereocenters. The van der Waals surface area contributed by atoms with E-state index in [9.17, 15) is 13.6 Å². The molecule has 4 rings (SSSR count). The van der Waals surface area contributed by atoms with Crippen molar-refractivity contribution < 1.29 is 18.0 Å². The summed E-state index contributed by atoms with van der Waals surface area (Å²) in [6.45, 7) is 0. The first-order chi connectivity index (χ1) is 13.8. The number of nitrogens with two attached hydrogens (primary N) is 1. The second-order valence-corrected chi connectivity index (χ2v) is 8.79. The molecular weight excluding hydrogens is 400 g/mol. The molecule has 0 aliphatic heterocycles. The highest BCUT2D eigenvalue weighted by Gasteiger charge is 2.42. The molecule has 2 fully saturated rings. The Labute approximate surface area is 170 Å². The van der Waals surface area contributed by atoms with Gasteiger partial charge in [-0.25, -0.2) is 8.78 Å². The van der Waals surface area contributed by atoms with Crippen molar-refractivity contribution in [1.29, 1.82) is 5.41 Å². The predicted octanol–water partition coefficient (Wildman–Crippen LogP) is 3.78. The van der Waals surface area contributed by atoms with Crippen molar-refractivity contribution >= 4 is 29.0 Å². The lowest BCUT2D eigenvalue weighted by Crippen LogP contribution is -2.40. The largest absolute Gasteiger partial charge is 0.408 e. The van der Waals surface area contributed by atoms with Crippen molar-refractivity contribution in [2.45, 2.75) is 62.8 Å². The molecule has 4 N–H and O–H groups in total. The van der Waals surface area contributed by atoms with Crippen LogP contribution in [-0.4, -0.2) is 33.8 Å². The molecule has 156 valence electrons. The lowest BCUT2D eigenvalue weighted by Gasteiger charge is -2.28. The van der Waals surface area contributed by atoms with Gasteiger partial charge in [-0.15, -0.1) is 16.4 Å². The number of aromatic nitrogens is 2. The Hall–Kier alpha value is -2.36. The summed E-state index contributed by atoms with van der Waals surface area (Å²) in [6.07, 6.45) is 2.19. The minimum atomic E-state index is -2.60. The third kappa shape index (κ3) is 4.80. The molecule has 2 aliphatic carbocycles. The number of hydrogen-bond donors (Lipinski definition) is 3. The van der Waals surface area contributed by atoms with E-state index in [4.69, 9.17) is 15.6 Å². The van der Waals surface area contributed by atoms with Crippen LogP contribution in [0.1, 0.15) is 65.6 Å². The zero-order valence-electron chi connectivity index (χ0n) is 15.8. The number of halogens is 2.